The van der Waals surface area contributed by atoms with Gasteiger partial charge in [0.15, 0.2) is 0 Å². The Balaban J connectivity index is 3.48. The van der Waals surface area contributed by atoms with E-state index in [1.807, 2.05) is 6.08 Å². The first-order valence-electron chi connectivity index (χ1n) is 29.9. The van der Waals surface area contributed by atoms with Crippen molar-refractivity contribution in [2.75, 3.05) is 13.2 Å². The van der Waals surface area contributed by atoms with Crippen LogP contribution in [0, 0.1) is 0 Å². The van der Waals surface area contributed by atoms with Gasteiger partial charge in [-0.15, -0.1) is 0 Å². The highest BCUT2D eigenvalue weighted by molar-refractivity contribution is 5.76. The molecule has 0 saturated carbocycles. The number of aliphatic hydroxyl groups excluding tert-OH is 2. The molecule has 0 rings (SSSR count). The summed E-state index contributed by atoms with van der Waals surface area (Å²) in [4.78, 5) is 24.5. The van der Waals surface area contributed by atoms with Gasteiger partial charge in [-0.1, -0.05) is 268 Å². The van der Waals surface area contributed by atoms with Gasteiger partial charge >= 0.3 is 5.97 Å². The number of esters is 1. The van der Waals surface area contributed by atoms with Crippen molar-refractivity contribution < 1.29 is 24.5 Å². The number of aliphatic hydroxyl groups is 2. The minimum atomic E-state index is -0.848. The van der Waals surface area contributed by atoms with Crippen molar-refractivity contribution >= 4 is 11.9 Å². The van der Waals surface area contributed by atoms with Crippen LogP contribution in [0.15, 0.2) is 48.6 Å². The van der Waals surface area contributed by atoms with Gasteiger partial charge in [0.1, 0.15) is 0 Å². The molecular formula is C62H115NO5. The van der Waals surface area contributed by atoms with E-state index in [1.165, 1.54) is 231 Å². The van der Waals surface area contributed by atoms with Crippen molar-refractivity contribution in [3.8, 4) is 0 Å². The van der Waals surface area contributed by atoms with Crippen LogP contribution in [-0.2, 0) is 14.3 Å². The molecule has 0 aromatic rings. The monoisotopic (exact) mass is 954 g/mol. The van der Waals surface area contributed by atoms with E-state index in [0.29, 0.717) is 19.4 Å². The third-order valence-electron chi connectivity index (χ3n) is 13.6. The molecule has 2 atom stereocenters. The maximum Gasteiger partial charge on any atom is 0.305 e. The van der Waals surface area contributed by atoms with E-state index >= 15 is 0 Å². The second-order valence-electron chi connectivity index (χ2n) is 20.3. The van der Waals surface area contributed by atoms with E-state index < -0.39 is 12.1 Å². The van der Waals surface area contributed by atoms with E-state index in [0.717, 1.165) is 51.4 Å². The average molecular weight is 955 g/mol. The Kier molecular flexibility index (Phi) is 55.6. The molecule has 0 aliphatic heterocycles. The minimum absolute atomic E-state index is 0.0441. The number of amides is 1. The zero-order chi connectivity index (χ0) is 49.3. The van der Waals surface area contributed by atoms with Crippen LogP contribution in [-0.4, -0.2) is 47.4 Å². The van der Waals surface area contributed by atoms with Crippen LogP contribution < -0.4 is 5.32 Å². The topological polar surface area (TPSA) is 95.9 Å². The molecule has 6 heteroatoms. The quantitative estimate of drug-likeness (QED) is 0.0321. The summed E-state index contributed by atoms with van der Waals surface area (Å²) in [6.45, 7) is 4.79. The second kappa shape index (κ2) is 57.4. The molecule has 6 nitrogen and oxygen atoms in total. The van der Waals surface area contributed by atoms with Gasteiger partial charge in [-0.3, -0.25) is 9.59 Å². The first kappa shape index (κ1) is 65.8. The molecule has 0 aliphatic rings. The molecule has 0 heterocycles. The molecule has 0 aromatic carbocycles. The Labute approximate surface area is 423 Å². The van der Waals surface area contributed by atoms with Crippen LogP contribution in [0.2, 0.25) is 0 Å². The molecular weight excluding hydrogens is 839 g/mol. The summed E-state index contributed by atoms with van der Waals surface area (Å²) in [5.74, 6) is -0.117. The number of nitrogens with one attached hydrogen (secondary N) is 1. The summed E-state index contributed by atoms with van der Waals surface area (Å²) in [5, 5.41) is 23.1. The number of allylic oxidation sites excluding steroid dienone is 6. The fourth-order valence-corrected chi connectivity index (χ4v) is 9.00. The molecule has 1 amide bonds. The third kappa shape index (κ3) is 53.2. The number of ether oxygens (including phenoxy) is 1. The second-order valence-corrected chi connectivity index (χ2v) is 20.3. The van der Waals surface area contributed by atoms with Crippen molar-refractivity contribution in [1.82, 2.24) is 5.32 Å². The summed E-state index contributed by atoms with van der Waals surface area (Å²) in [7, 11) is 0. The minimum Gasteiger partial charge on any atom is -0.465 e. The zero-order valence-electron chi connectivity index (χ0n) is 45.3. The predicted octanol–water partition coefficient (Wildman–Crippen LogP) is 18.6. The van der Waals surface area contributed by atoms with Crippen molar-refractivity contribution in [2.24, 2.45) is 0 Å². The average Bonchev–Trinajstić information content (AvgIpc) is 3.34. The first-order chi connectivity index (χ1) is 33.5. The van der Waals surface area contributed by atoms with Crippen molar-refractivity contribution in [3.63, 3.8) is 0 Å². The SMILES string of the molecule is CCCCCCCC/C=C\CCCCCCCC(=O)OCC/C=C\C/C=C\CCCCCCCCCCCCCCCCC(=O)NC(CO)C(O)/C=C/CCCCCCCCCCCCCCC. The van der Waals surface area contributed by atoms with Crippen molar-refractivity contribution in [2.45, 2.75) is 321 Å². The molecule has 0 radical (unpaired) electrons. The maximum atomic E-state index is 12.5. The van der Waals surface area contributed by atoms with Gasteiger partial charge in [-0.05, 0) is 77.0 Å². The van der Waals surface area contributed by atoms with Gasteiger partial charge < -0.3 is 20.3 Å². The van der Waals surface area contributed by atoms with Crippen LogP contribution in [0.3, 0.4) is 0 Å². The van der Waals surface area contributed by atoms with Gasteiger partial charge in [0, 0.05) is 12.8 Å². The lowest BCUT2D eigenvalue weighted by Crippen LogP contribution is -2.45. The lowest BCUT2D eigenvalue weighted by molar-refractivity contribution is -0.143. The van der Waals surface area contributed by atoms with Gasteiger partial charge in [0.2, 0.25) is 5.91 Å². The summed E-state index contributed by atoms with van der Waals surface area (Å²) in [6.07, 6.45) is 73.0. The maximum absolute atomic E-state index is 12.5. The third-order valence-corrected chi connectivity index (χ3v) is 13.6. The number of carbonyl (C=O) groups excluding carboxylic acids is 2. The number of carbonyl (C=O) groups is 2. The summed E-state index contributed by atoms with van der Waals surface area (Å²) >= 11 is 0. The van der Waals surface area contributed by atoms with E-state index in [-0.39, 0.29) is 18.5 Å². The lowest BCUT2D eigenvalue weighted by Gasteiger charge is -2.20. The van der Waals surface area contributed by atoms with Crippen molar-refractivity contribution in [3.05, 3.63) is 48.6 Å². The summed E-state index contributed by atoms with van der Waals surface area (Å²) in [5.41, 5.74) is 0. The van der Waals surface area contributed by atoms with Crippen molar-refractivity contribution in [1.29, 1.82) is 0 Å². The molecule has 0 aromatic heterocycles. The molecule has 0 saturated heterocycles. The lowest BCUT2D eigenvalue weighted by atomic mass is 10.0. The largest absolute Gasteiger partial charge is 0.465 e. The predicted molar refractivity (Wildman–Crippen MR) is 296 cm³/mol. The molecule has 0 bridgehead atoms. The van der Waals surface area contributed by atoms with Crippen LogP contribution in [0.5, 0.6) is 0 Å². The Hall–Kier alpha value is -2.18. The number of hydrogen-bond acceptors (Lipinski definition) is 5. The Morgan fingerprint density at radius 2 is 0.735 bits per heavy atom. The summed E-state index contributed by atoms with van der Waals surface area (Å²) in [6, 6.07) is -0.632. The van der Waals surface area contributed by atoms with Crippen LogP contribution in [0.1, 0.15) is 309 Å². The van der Waals surface area contributed by atoms with E-state index in [2.05, 4.69) is 55.6 Å². The fraction of sp³-hybridized carbons (Fsp3) is 0.839. The van der Waals surface area contributed by atoms with Crippen LogP contribution in [0.4, 0.5) is 0 Å². The van der Waals surface area contributed by atoms with E-state index in [4.69, 9.17) is 4.74 Å². The highest BCUT2D eigenvalue weighted by Crippen LogP contribution is 2.16. The van der Waals surface area contributed by atoms with Gasteiger partial charge in [0.25, 0.3) is 0 Å². The standard InChI is InChI=1S/C62H115NO5/c1-3-5-7-9-11-13-15-17-26-30-34-38-42-46-50-54-60(65)59(58-64)63-61(66)55-51-47-43-39-35-31-28-24-22-20-19-21-23-25-29-33-37-41-45-49-53-57-68-62(67)56-52-48-44-40-36-32-27-18-16-14-12-10-8-6-4-2/h18,27,33,37,45,49-50,54,59-60,64-65H,3-17,19-26,28-32,34-36,38-44,46-48,51-53,55-58H2,1-2H3,(H,63,66)/b27-18-,37-33-,49-45-,54-50+. The molecule has 0 aliphatic carbocycles. The summed E-state index contributed by atoms with van der Waals surface area (Å²) < 4.78 is 5.41. The number of rotatable bonds is 55. The Morgan fingerprint density at radius 3 is 1.13 bits per heavy atom. The van der Waals surface area contributed by atoms with Gasteiger partial charge in [-0.25, -0.2) is 0 Å². The molecule has 0 spiro atoms. The zero-order valence-corrected chi connectivity index (χ0v) is 45.3. The van der Waals surface area contributed by atoms with E-state index in [9.17, 15) is 19.8 Å². The van der Waals surface area contributed by atoms with Gasteiger partial charge in [0.05, 0.1) is 25.4 Å². The highest BCUT2D eigenvalue weighted by atomic mass is 16.5. The number of hydrogen-bond donors (Lipinski definition) is 3. The Morgan fingerprint density at radius 1 is 0.412 bits per heavy atom. The molecule has 398 valence electrons. The van der Waals surface area contributed by atoms with Gasteiger partial charge in [-0.2, -0.15) is 0 Å². The normalized spacial score (nSPS) is 12.9. The number of unbranched alkanes of at least 4 members (excludes halogenated alkanes) is 38. The van der Waals surface area contributed by atoms with Crippen LogP contribution >= 0.6 is 0 Å². The molecule has 0 fully saturated rings. The highest BCUT2D eigenvalue weighted by Gasteiger charge is 2.18. The first-order valence-corrected chi connectivity index (χ1v) is 29.9. The molecule has 3 N–H and O–H groups in total. The van der Waals surface area contributed by atoms with Crippen LogP contribution in [0.25, 0.3) is 0 Å². The molecule has 2 unspecified atom stereocenters. The smallest absolute Gasteiger partial charge is 0.305 e. The molecule has 68 heavy (non-hydrogen) atoms. The Bertz CT molecular complexity index is 1150. The van der Waals surface area contributed by atoms with E-state index in [1.54, 1.807) is 6.08 Å². The fourth-order valence-electron chi connectivity index (χ4n) is 9.00.